The van der Waals surface area contributed by atoms with Gasteiger partial charge in [0.15, 0.2) is 0 Å². The minimum atomic E-state index is 0.192. The summed E-state index contributed by atoms with van der Waals surface area (Å²) in [6, 6.07) is 14.3. The number of aromatic nitrogens is 1. The number of halogens is 1. The zero-order chi connectivity index (χ0) is 16.5. The first kappa shape index (κ1) is 15.8. The van der Waals surface area contributed by atoms with E-state index in [4.69, 9.17) is 0 Å². The summed E-state index contributed by atoms with van der Waals surface area (Å²) in [4.78, 5) is 19.3. The third kappa shape index (κ3) is 3.10. The fourth-order valence-corrected chi connectivity index (χ4v) is 4.58. The van der Waals surface area contributed by atoms with E-state index in [0.717, 1.165) is 40.1 Å². The molecule has 0 fully saturated rings. The maximum Gasteiger partial charge on any atom is 0.227 e. The van der Waals surface area contributed by atoms with E-state index in [1.807, 2.05) is 35.2 Å². The van der Waals surface area contributed by atoms with Crippen LogP contribution in [0.25, 0.3) is 10.2 Å². The van der Waals surface area contributed by atoms with Gasteiger partial charge in [-0.1, -0.05) is 28.1 Å². The summed E-state index contributed by atoms with van der Waals surface area (Å²) in [5, 5.41) is 1.04. The minimum absolute atomic E-state index is 0.192. The number of amides is 1. The fourth-order valence-electron chi connectivity index (χ4n) is 3.20. The summed E-state index contributed by atoms with van der Waals surface area (Å²) in [7, 11) is 0. The van der Waals surface area contributed by atoms with Crippen molar-refractivity contribution in [2.45, 2.75) is 25.7 Å². The van der Waals surface area contributed by atoms with Crippen molar-refractivity contribution in [2.24, 2.45) is 0 Å². The largest absolute Gasteiger partial charge is 0.312 e. The summed E-state index contributed by atoms with van der Waals surface area (Å²) < 4.78 is 2.26. The van der Waals surface area contributed by atoms with E-state index in [-0.39, 0.29) is 5.91 Å². The molecule has 24 heavy (non-hydrogen) atoms. The van der Waals surface area contributed by atoms with E-state index in [2.05, 4.69) is 33.0 Å². The number of aryl methyl sites for hydroxylation is 2. The molecule has 3 nitrogen and oxygen atoms in total. The molecule has 0 saturated carbocycles. The van der Waals surface area contributed by atoms with Gasteiger partial charge in [-0.3, -0.25) is 4.79 Å². The van der Waals surface area contributed by atoms with Crippen molar-refractivity contribution in [1.82, 2.24) is 4.98 Å². The topological polar surface area (TPSA) is 33.2 Å². The van der Waals surface area contributed by atoms with Gasteiger partial charge in [0.1, 0.15) is 0 Å². The number of hydrogen-bond acceptors (Lipinski definition) is 3. The third-order valence-electron chi connectivity index (χ3n) is 4.35. The Labute approximate surface area is 153 Å². The molecule has 122 valence electrons. The standard InChI is InChI=1S/C19H17BrN2OS/c20-14-7-8-16-13(12-14)4-3-11-22(16)19(23)10-9-18-21-15-5-1-2-6-17(15)24-18/h1-2,5-8,12H,3-4,9-11H2. The van der Waals surface area contributed by atoms with Crippen LogP contribution in [0, 0.1) is 0 Å². The Hall–Kier alpha value is -1.72. The van der Waals surface area contributed by atoms with Gasteiger partial charge < -0.3 is 4.90 Å². The molecule has 0 saturated heterocycles. The van der Waals surface area contributed by atoms with Gasteiger partial charge in [0.05, 0.1) is 15.2 Å². The van der Waals surface area contributed by atoms with Crippen LogP contribution in [0.1, 0.15) is 23.4 Å². The van der Waals surface area contributed by atoms with Gasteiger partial charge in [0.25, 0.3) is 0 Å². The van der Waals surface area contributed by atoms with Gasteiger partial charge >= 0.3 is 0 Å². The predicted octanol–water partition coefficient (Wildman–Crippen LogP) is 4.97. The highest BCUT2D eigenvalue weighted by Crippen LogP contribution is 2.30. The van der Waals surface area contributed by atoms with E-state index < -0.39 is 0 Å². The smallest absolute Gasteiger partial charge is 0.227 e. The normalized spacial score (nSPS) is 14.0. The Morgan fingerprint density at radius 2 is 2.12 bits per heavy atom. The summed E-state index contributed by atoms with van der Waals surface area (Å²) >= 11 is 5.20. The maximum absolute atomic E-state index is 12.7. The second-order valence-electron chi connectivity index (χ2n) is 6.00. The molecule has 4 rings (SSSR count). The Morgan fingerprint density at radius 3 is 3.00 bits per heavy atom. The molecule has 1 aromatic heterocycles. The van der Waals surface area contributed by atoms with Crippen molar-refractivity contribution < 1.29 is 4.79 Å². The number of anilines is 1. The lowest BCUT2D eigenvalue weighted by atomic mass is 10.0. The molecule has 1 aliphatic rings. The van der Waals surface area contributed by atoms with Crippen LogP contribution in [-0.2, 0) is 17.6 Å². The quantitative estimate of drug-likeness (QED) is 0.621. The number of hydrogen-bond donors (Lipinski definition) is 0. The number of carbonyl (C=O) groups is 1. The minimum Gasteiger partial charge on any atom is -0.312 e. The first-order valence-corrected chi connectivity index (χ1v) is 9.75. The lowest BCUT2D eigenvalue weighted by Gasteiger charge is -2.29. The van der Waals surface area contributed by atoms with Crippen molar-refractivity contribution in [3.8, 4) is 0 Å². The Bertz CT molecular complexity index is 872. The van der Waals surface area contributed by atoms with Crippen LogP contribution < -0.4 is 4.90 Å². The Morgan fingerprint density at radius 1 is 1.25 bits per heavy atom. The van der Waals surface area contributed by atoms with Gasteiger partial charge in [0.2, 0.25) is 5.91 Å². The average Bonchev–Trinajstić information content (AvgIpc) is 3.01. The molecule has 1 aliphatic heterocycles. The van der Waals surface area contributed by atoms with Crippen molar-refractivity contribution >= 4 is 49.1 Å². The molecule has 0 aliphatic carbocycles. The van der Waals surface area contributed by atoms with E-state index in [1.54, 1.807) is 11.3 Å². The van der Waals surface area contributed by atoms with Gasteiger partial charge in [-0.05, 0) is 48.7 Å². The zero-order valence-corrected chi connectivity index (χ0v) is 15.6. The van der Waals surface area contributed by atoms with Gasteiger partial charge in [0, 0.05) is 29.5 Å². The van der Waals surface area contributed by atoms with Gasteiger partial charge in [-0.2, -0.15) is 0 Å². The molecule has 0 bridgehead atoms. The van der Waals surface area contributed by atoms with Crippen LogP contribution in [0.15, 0.2) is 46.9 Å². The monoisotopic (exact) mass is 400 g/mol. The van der Waals surface area contributed by atoms with E-state index in [9.17, 15) is 4.79 Å². The van der Waals surface area contributed by atoms with Crippen LogP contribution in [0.3, 0.4) is 0 Å². The molecule has 0 N–H and O–H groups in total. The van der Waals surface area contributed by atoms with Crippen LogP contribution in [0.5, 0.6) is 0 Å². The van der Waals surface area contributed by atoms with Crippen molar-refractivity contribution in [3.63, 3.8) is 0 Å². The SMILES string of the molecule is O=C(CCc1nc2ccccc2s1)N1CCCc2cc(Br)ccc21. The van der Waals surface area contributed by atoms with Crippen molar-refractivity contribution in [2.75, 3.05) is 11.4 Å². The molecule has 2 aromatic carbocycles. The Balaban J connectivity index is 1.49. The van der Waals surface area contributed by atoms with Crippen molar-refractivity contribution in [3.05, 3.63) is 57.5 Å². The number of benzene rings is 2. The van der Waals surface area contributed by atoms with Crippen LogP contribution in [0.4, 0.5) is 5.69 Å². The fraction of sp³-hybridized carbons (Fsp3) is 0.263. The molecule has 3 aromatic rings. The molecule has 0 spiro atoms. The number of fused-ring (bicyclic) bond motifs is 2. The number of nitrogens with zero attached hydrogens (tertiary/aromatic N) is 2. The first-order valence-electron chi connectivity index (χ1n) is 8.14. The van der Waals surface area contributed by atoms with E-state index >= 15 is 0 Å². The second kappa shape index (κ2) is 6.65. The average molecular weight is 401 g/mol. The van der Waals surface area contributed by atoms with Gasteiger partial charge in [-0.15, -0.1) is 11.3 Å². The summed E-state index contributed by atoms with van der Waals surface area (Å²) in [6.45, 7) is 0.813. The van der Waals surface area contributed by atoms with Gasteiger partial charge in [-0.25, -0.2) is 4.98 Å². The molecule has 0 unspecified atom stereocenters. The molecule has 5 heteroatoms. The molecule has 1 amide bonds. The molecule has 0 atom stereocenters. The number of thiazole rings is 1. The summed E-state index contributed by atoms with van der Waals surface area (Å²) in [5.41, 5.74) is 3.35. The van der Waals surface area contributed by atoms with E-state index in [0.29, 0.717) is 12.8 Å². The predicted molar refractivity (Wildman–Crippen MR) is 103 cm³/mol. The van der Waals surface area contributed by atoms with E-state index in [1.165, 1.54) is 10.3 Å². The lowest BCUT2D eigenvalue weighted by molar-refractivity contribution is -0.118. The highest BCUT2D eigenvalue weighted by molar-refractivity contribution is 9.10. The highest BCUT2D eigenvalue weighted by atomic mass is 79.9. The van der Waals surface area contributed by atoms with Crippen molar-refractivity contribution in [1.29, 1.82) is 0 Å². The van der Waals surface area contributed by atoms with Crippen LogP contribution in [0.2, 0.25) is 0 Å². The third-order valence-corrected chi connectivity index (χ3v) is 5.94. The number of para-hydroxylation sites is 1. The van der Waals surface area contributed by atoms with Crippen LogP contribution >= 0.6 is 27.3 Å². The molecule has 0 radical (unpaired) electrons. The second-order valence-corrected chi connectivity index (χ2v) is 8.03. The zero-order valence-electron chi connectivity index (χ0n) is 13.2. The summed E-state index contributed by atoms with van der Waals surface area (Å²) in [5.74, 6) is 0.192. The molecule has 2 heterocycles. The molecular formula is C19H17BrN2OS. The Kier molecular flexibility index (Phi) is 4.37. The molecular weight excluding hydrogens is 384 g/mol. The number of rotatable bonds is 3. The highest BCUT2D eigenvalue weighted by Gasteiger charge is 2.22. The lowest BCUT2D eigenvalue weighted by Crippen LogP contribution is -2.35. The maximum atomic E-state index is 12.7. The first-order chi connectivity index (χ1) is 11.7. The number of carbonyl (C=O) groups excluding carboxylic acids is 1. The summed E-state index contributed by atoms with van der Waals surface area (Å²) in [6.07, 6.45) is 3.28. The van der Waals surface area contributed by atoms with Crippen LogP contribution in [-0.4, -0.2) is 17.4 Å².